The average molecular weight is 1140 g/mol. The normalized spacial score (nSPS) is 15.4. The fourth-order valence-corrected chi connectivity index (χ4v) is 0. The van der Waals surface area contributed by atoms with Gasteiger partial charge in [0.1, 0.15) is 0 Å². The fourth-order valence-electron chi connectivity index (χ4n) is 0. The van der Waals surface area contributed by atoms with E-state index in [9.17, 15) is 50.4 Å². The van der Waals surface area contributed by atoms with E-state index >= 15 is 0 Å². The van der Waals surface area contributed by atoms with Crippen LogP contribution in [0.1, 0.15) is 0 Å². The summed E-state index contributed by atoms with van der Waals surface area (Å²) in [6.07, 6.45) is -20.6. The molecular weight excluding hydrogens is 1130 g/mol. The van der Waals surface area contributed by atoms with Crippen molar-refractivity contribution < 1.29 is 128 Å². The fraction of sp³-hybridized carbons (Fsp3) is 0. The van der Waals surface area contributed by atoms with Crippen LogP contribution in [0.25, 0.3) is 0 Å². The van der Waals surface area contributed by atoms with Gasteiger partial charge in [-0.1, -0.05) is 0 Å². The van der Waals surface area contributed by atoms with Crippen LogP contribution in [0.3, 0.4) is 0 Å². The molecule has 0 atom stereocenters. The minimum atomic E-state index is -5.14. The Morgan fingerprint density at radius 3 is 0.300 bits per heavy atom. The molecule has 0 heterocycles. The van der Waals surface area contributed by atoms with Gasteiger partial charge in [-0.05, 0) is 0 Å². The molecule has 0 saturated heterocycles. The van der Waals surface area contributed by atoms with Crippen molar-refractivity contribution in [1.29, 1.82) is 0 Å². The van der Waals surface area contributed by atoms with E-state index in [1.54, 1.807) is 0 Å². The molecule has 0 aromatic rings. The Morgan fingerprint density at radius 1 is 0.300 bits per heavy atom. The molecule has 0 aliphatic rings. The summed E-state index contributed by atoms with van der Waals surface area (Å²) in [5.41, 5.74) is 0. The SMILES string of the molecule is F[PH](F)(F)[Pt].F[PH](F)(F)[Pt].F[PH](F)(F)[Pt].F[PH](F)(F)[Pt]. The summed E-state index contributed by atoms with van der Waals surface area (Å²) in [4.78, 5) is 0. The van der Waals surface area contributed by atoms with Crippen LogP contribution in [0.2, 0.25) is 0 Å². The summed E-state index contributed by atoms with van der Waals surface area (Å²) in [7, 11) is 0. The van der Waals surface area contributed by atoms with Crippen molar-refractivity contribution in [3.63, 3.8) is 0 Å². The molecule has 0 spiro atoms. The first-order valence-corrected chi connectivity index (χ1v) is 22.3. The third-order valence-electron chi connectivity index (χ3n) is 0. The predicted octanol–water partition coefficient (Wildman–Crippen LogP) is 7.41. The third kappa shape index (κ3) is 698. The van der Waals surface area contributed by atoms with Crippen LogP contribution in [0.15, 0.2) is 0 Å². The molecule has 0 radical (unpaired) electrons. The van der Waals surface area contributed by atoms with Gasteiger partial charge in [0.25, 0.3) is 0 Å². The topological polar surface area (TPSA) is 0 Å². The van der Waals surface area contributed by atoms with Crippen LogP contribution in [0, 0.1) is 0 Å². The summed E-state index contributed by atoms with van der Waals surface area (Å²) in [6.45, 7) is 0. The first kappa shape index (κ1) is 31.4. The van der Waals surface area contributed by atoms with E-state index in [1.165, 1.54) is 0 Å². The molecule has 0 aromatic heterocycles. The van der Waals surface area contributed by atoms with Crippen LogP contribution >= 0.6 is 25.1 Å². The number of hydrogen-bond donors (Lipinski definition) is 0. The Kier molecular flexibility index (Phi) is 21.8. The Morgan fingerprint density at radius 2 is 0.300 bits per heavy atom. The van der Waals surface area contributed by atoms with E-state index in [4.69, 9.17) is 0 Å². The molecule has 148 valence electrons. The summed E-state index contributed by atoms with van der Waals surface area (Å²) < 4.78 is 126. The van der Waals surface area contributed by atoms with Crippen LogP contribution < -0.4 is 0 Å². The molecule has 0 bridgehead atoms. The van der Waals surface area contributed by atoms with Crippen molar-refractivity contribution in [3.8, 4) is 0 Å². The molecule has 0 unspecified atom stereocenters. The van der Waals surface area contributed by atoms with E-state index in [2.05, 4.69) is 0 Å². The number of halogens is 12. The van der Waals surface area contributed by atoms with E-state index in [-0.39, 0.29) is 0 Å². The van der Waals surface area contributed by atoms with Crippen molar-refractivity contribution >= 4 is 25.1 Å². The number of rotatable bonds is 0. The molecule has 0 rings (SSSR count). The van der Waals surface area contributed by atoms with Gasteiger partial charge in [-0.15, -0.1) is 0 Å². The van der Waals surface area contributed by atoms with Gasteiger partial charge in [-0.25, -0.2) is 0 Å². The van der Waals surface area contributed by atoms with Gasteiger partial charge in [0.15, 0.2) is 0 Å². The standard InChI is InChI=1S/4F3HP.4Pt/c4*1-4(2)3;;;;/h4*4H;;;;/q4*+1;4*-1. The molecule has 0 aromatic carbocycles. The van der Waals surface area contributed by atoms with Crippen molar-refractivity contribution in [2.75, 3.05) is 0 Å². The molecule has 0 N–H and O–H groups in total. The zero-order valence-electron chi connectivity index (χ0n) is 7.80. The summed E-state index contributed by atoms with van der Waals surface area (Å²) >= 11 is 2.01. The van der Waals surface area contributed by atoms with Crippen molar-refractivity contribution in [1.82, 2.24) is 0 Å². The Balaban J connectivity index is -0.0000000853. The van der Waals surface area contributed by atoms with E-state index in [0.717, 1.165) is 0 Å². The van der Waals surface area contributed by atoms with E-state index in [1.807, 2.05) is 0 Å². The molecule has 0 aliphatic heterocycles. The summed E-state index contributed by atoms with van der Waals surface area (Å²) in [5.74, 6) is 0. The first-order valence-electron chi connectivity index (χ1n) is 2.90. The zero-order chi connectivity index (χ0) is 18.0. The van der Waals surface area contributed by atoms with Crippen molar-refractivity contribution in [3.05, 3.63) is 0 Å². The predicted molar refractivity (Wildman–Crippen MR) is 46.6 cm³/mol. The summed E-state index contributed by atoms with van der Waals surface area (Å²) in [5, 5.41) is 0. The Hall–Kier alpha value is 3.63. The molecular formula is H4F12P4Pt4. The van der Waals surface area contributed by atoms with E-state index < -0.39 is 25.1 Å². The average Bonchev–Trinajstić information content (AvgIpc) is 1.62. The third-order valence-corrected chi connectivity index (χ3v) is 0. The second-order valence-corrected chi connectivity index (χ2v) is 20.2. The van der Waals surface area contributed by atoms with Crippen LogP contribution in [-0.4, -0.2) is 0 Å². The molecule has 0 amide bonds. The Labute approximate surface area is 151 Å². The maximum absolute atomic E-state index is 10.5. The van der Waals surface area contributed by atoms with Gasteiger partial charge in [-0.2, -0.15) is 0 Å². The molecule has 0 aliphatic carbocycles. The summed E-state index contributed by atoms with van der Waals surface area (Å²) in [6, 6.07) is 0. The molecule has 20 heteroatoms. The molecule has 0 nitrogen and oxygen atoms in total. The molecule has 0 fully saturated rings. The molecule has 20 heavy (non-hydrogen) atoms. The second kappa shape index (κ2) is 13.9. The monoisotopic (exact) mass is 1140 g/mol. The van der Waals surface area contributed by atoms with Gasteiger partial charge in [0.05, 0.1) is 0 Å². The van der Waals surface area contributed by atoms with Gasteiger partial charge < -0.3 is 0 Å². The van der Waals surface area contributed by atoms with E-state index in [0.29, 0.717) is 77.2 Å². The van der Waals surface area contributed by atoms with Crippen LogP contribution in [0.5, 0.6) is 0 Å². The van der Waals surface area contributed by atoms with Crippen LogP contribution in [0.4, 0.5) is 50.4 Å². The van der Waals surface area contributed by atoms with Gasteiger partial charge in [-0.3, -0.25) is 0 Å². The second-order valence-electron chi connectivity index (χ2n) is 1.57. The zero-order valence-corrected chi connectivity index (χ0v) is 20.9. The van der Waals surface area contributed by atoms with Gasteiger partial charge in [0.2, 0.25) is 0 Å². The Bertz CT molecular complexity index is 137. The first-order chi connectivity index (χ1) is 8.00. The van der Waals surface area contributed by atoms with Gasteiger partial charge in [0, 0.05) is 0 Å². The van der Waals surface area contributed by atoms with Gasteiger partial charge >= 0.3 is 153 Å². The molecule has 0 saturated carbocycles. The van der Waals surface area contributed by atoms with Crippen molar-refractivity contribution in [2.24, 2.45) is 0 Å². The minimum absolute atomic E-state index is 0.502. The van der Waals surface area contributed by atoms with Crippen molar-refractivity contribution in [2.45, 2.75) is 0 Å². The maximum atomic E-state index is 10.5. The number of hydrogen-bond acceptors (Lipinski definition) is 0. The van der Waals surface area contributed by atoms with Crippen LogP contribution in [-0.2, 0) is 77.2 Å². The quantitative estimate of drug-likeness (QED) is 0.176.